The maximum atomic E-state index is 5.71. The Bertz CT molecular complexity index is 689. The van der Waals surface area contributed by atoms with Crippen molar-refractivity contribution in [1.29, 1.82) is 0 Å². The average molecular weight is 560 g/mol. The molecule has 2 heterocycles. The van der Waals surface area contributed by atoms with Gasteiger partial charge in [-0.3, -0.25) is 9.89 Å². The minimum Gasteiger partial charge on any atom is -0.379 e. The zero-order valence-corrected chi connectivity index (χ0v) is 22.4. The number of anilines is 1. The van der Waals surface area contributed by atoms with Crippen LogP contribution in [0.1, 0.15) is 30.4 Å². The maximum absolute atomic E-state index is 5.71. The number of halogens is 1. The van der Waals surface area contributed by atoms with E-state index in [2.05, 4.69) is 57.5 Å². The van der Waals surface area contributed by atoms with Crippen LogP contribution in [0.5, 0.6) is 0 Å². The number of hydrogen-bond donors (Lipinski definition) is 2. The molecular weight excluding hydrogens is 517 g/mol. The number of nitrogens with one attached hydrogen (secondary N) is 2. The Labute approximate surface area is 211 Å². The molecule has 2 aliphatic heterocycles. The molecule has 0 aromatic heterocycles. The van der Waals surface area contributed by atoms with Crippen molar-refractivity contribution in [2.45, 2.75) is 39.2 Å². The lowest BCUT2D eigenvalue weighted by atomic mass is 10.1. The number of benzene rings is 1. The van der Waals surface area contributed by atoms with Crippen molar-refractivity contribution in [3.63, 3.8) is 0 Å². The van der Waals surface area contributed by atoms with Crippen molar-refractivity contribution < 1.29 is 9.47 Å². The summed E-state index contributed by atoms with van der Waals surface area (Å²) in [6, 6.07) is 6.62. The van der Waals surface area contributed by atoms with Gasteiger partial charge in [-0.25, -0.2) is 0 Å². The topological polar surface area (TPSA) is 61.4 Å². The highest BCUT2D eigenvalue weighted by Gasteiger charge is 2.18. The van der Waals surface area contributed by atoms with Gasteiger partial charge in [0.05, 0.1) is 12.7 Å². The van der Waals surface area contributed by atoms with Gasteiger partial charge in [0.1, 0.15) is 0 Å². The van der Waals surface area contributed by atoms with Crippen LogP contribution in [-0.2, 0) is 9.47 Å². The van der Waals surface area contributed by atoms with Gasteiger partial charge in [-0.2, -0.15) is 0 Å². The van der Waals surface area contributed by atoms with E-state index in [9.17, 15) is 0 Å². The number of nitrogens with zero attached hydrogens (tertiary/aromatic N) is 3. The molecule has 1 aromatic rings. The highest BCUT2D eigenvalue weighted by molar-refractivity contribution is 14.0. The molecule has 0 amide bonds. The number of guanidine groups is 1. The van der Waals surface area contributed by atoms with Crippen LogP contribution in [0.15, 0.2) is 23.2 Å². The fraction of sp³-hybridized carbons (Fsp3) is 0.708. The van der Waals surface area contributed by atoms with Crippen molar-refractivity contribution in [2.24, 2.45) is 4.99 Å². The molecule has 0 spiro atoms. The molecule has 2 aliphatic rings. The van der Waals surface area contributed by atoms with Gasteiger partial charge >= 0.3 is 0 Å². The third-order valence-corrected chi connectivity index (χ3v) is 6.32. The van der Waals surface area contributed by atoms with Crippen molar-refractivity contribution >= 4 is 35.6 Å². The molecule has 3 rings (SSSR count). The largest absolute Gasteiger partial charge is 0.379 e. The minimum absolute atomic E-state index is 0. The summed E-state index contributed by atoms with van der Waals surface area (Å²) >= 11 is 0. The molecule has 1 atom stereocenters. The molecule has 1 aromatic carbocycles. The van der Waals surface area contributed by atoms with Gasteiger partial charge in [0.15, 0.2) is 5.96 Å². The van der Waals surface area contributed by atoms with Crippen LogP contribution in [0.2, 0.25) is 0 Å². The molecular formula is C24H42IN5O2. The van der Waals surface area contributed by atoms with Gasteiger partial charge in [0.25, 0.3) is 0 Å². The van der Waals surface area contributed by atoms with Crippen molar-refractivity contribution in [2.75, 3.05) is 77.6 Å². The standard InChI is InChI=1S/C24H41N5O2.HI/c1-20-7-4-9-23(21(20)2)29-15-13-28(14-16-29)12-11-27-24(25-3)26-10-6-17-30-19-22-8-5-18-31-22;/h4,7,9,22H,5-6,8,10-19H2,1-3H3,(H2,25,26,27);1H. The first kappa shape index (κ1) is 27.1. The first-order valence-corrected chi connectivity index (χ1v) is 11.8. The van der Waals surface area contributed by atoms with Crippen molar-refractivity contribution in [3.05, 3.63) is 29.3 Å². The van der Waals surface area contributed by atoms with Gasteiger partial charge in [0.2, 0.25) is 0 Å². The monoisotopic (exact) mass is 559 g/mol. The summed E-state index contributed by atoms with van der Waals surface area (Å²) in [6.45, 7) is 14.0. The smallest absolute Gasteiger partial charge is 0.191 e. The Morgan fingerprint density at radius 1 is 1.16 bits per heavy atom. The van der Waals surface area contributed by atoms with Crippen LogP contribution in [0.3, 0.4) is 0 Å². The second kappa shape index (κ2) is 14.9. The molecule has 32 heavy (non-hydrogen) atoms. The van der Waals surface area contributed by atoms with Gasteiger partial charge in [-0.05, 0) is 50.3 Å². The van der Waals surface area contributed by atoms with Crippen LogP contribution in [0.4, 0.5) is 5.69 Å². The van der Waals surface area contributed by atoms with Gasteiger partial charge in [-0.1, -0.05) is 12.1 Å². The molecule has 0 saturated carbocycles. The van der Waals surface area contributed by atoms with E-state index in [1.807, 2.05) is 7.05 Å². The average Bonchev–Trinajstić information content (AvgIpc) is 3.31. The molecule has 2 fully saturated rings. The summed E-state index contributed by atoms with van der Waals surface area (Å²) in [4.78, 5) is 9.38. The molecule has 0 aliphatic carbocycles. The summed E-state index contributed by atoms with van der Waals surface area (Å²) in [5, 5.41) is 6.81. The van der Waals surface area contributed by atoms with E-state index in [1.54, 1.807) is 0 Å². The minimum atomic E-state index is 0. The van der Waals surface area contributed by atoms with Crippen molar-refractivity contribution in [1.82, 2.24) is 15.5 Å². The second-order valence-corrected chi connectivity index (χ2v) is 8.54. The van der Waals surface area contributed by atoms with E-state index < -0.39 is 0 Å². The zero-order chi connectivity index (χ0) is 21.9. The highest BCUT2D eigenvalue weighted by Crippen LogP contribution is 2.23. The SMILES string of the molecule is CN=C(NCCCOCC1CCCO1)NCCN1CCN(c2cccc(C)c2C)CC1.I. The Morgan fingerprint density at radius 2 is 1.94 bits per heavy atom. The van der Waals surface area contributed by atoms with E-state index >= 15 is 0 Å². The van der Waals surface area contributed by atoms with Gasteiger partial charge in [-0.15, -0.1) is 24.0 Å². The molecule has 7 nitrogen and oxygen atoms in total. The normalized spacial score (nSPS) is 19.7. The van der Waals surface area contributed by atoms with E-state index in [0.717, 1.165) is 84.4 Å². The third kappa shape index (κ3) is 8.68. The van der Waals surface area contributed by atoms with Crippen LogP contribution >= 0.6 is 24.0 Å². The maximum Gasteiger partial charge on any atom is 0.191 e. The Hall–Kier alpha value is -1.10. The Balaban J connectivity index is 0.00000363. The number of aliphatic imine (C=N–C) groups is 1. The first-order valence-electron chi connectivity index (χ1n) is 11.8. The Kier molecular flexibility index (Phi) is 12.7. The first-order chi connectivity index (χ1) is 15.2. The lowest BCUT2D eigenvalue weighted by Crippen LogP contribution is -2.49. The highest BCUT2D eigenvalue weighted by atomic mass is 127. The fourth-order valence-electron chi connectivity index (χ4n) is 4.22. The zero-order valence-electron chi connectivity index (χ0n) is 20.1. The molecule has 0 bridgehead atoms. The lowest BCUT2D eigenvalue weighted by molar-refractivity contribution is 0.0168. The molecule has 0 radical (unpaired) electrons. The number of piperazine rings is 1. The molecule has 8 heteroatoms. The number of ether oxygens (including phenoxy) is 2. The van der Waals surface area contributed by atoms with Crippen molar-refractivity contribution in [3.8, 4) is 0 Å². The summed E-state index contributed by atoms with van der Waals surface area (Å²) in [5.41, 5.74) is 4.17. The summed E-state index contributed by atoms with van der Waals surface area (Å²) in [5.74, 6) is 0.869. The second-order valence-electron chi connectivity index (χ2n) is 8.54. The quantitative estimate of drug-likeness (QED) is 0.199. The van der Waals surface area contributed by atoms with E-state index in [4.69, 9.17) is 9.47 Å². The molecule has 1 unspecified atom stereocenters. The van der Waals surface area contributed by atoms with Crippen LogP contribution in [0.25, 0.3) is 0 Å². The summed E-state index contributed by atoms with van der Waals surface area (Å²) < 4.78 is 11.3. The predicted molar refractivity (Wildman–Crippen MR) is 144 cm³/mol. The summed E-state index contributed by atoms with van der Waals surface area (Å²) in [7, 11) is 1.83. The fourth-order valence-corrected chi connectivity index (χ4v) is 4.22. The Morgan fingerprint density at radius 3 is 2.66 bits per heavy atom. The van der Waals surface area contributed by atoms with Crippen LogP contribution in [-0.4, -0.2) is 89.6 Å². The third-order valence-electron chi connectivity index (χ3n) is 6.32. The van der Waals surface area contributed by atoms with E-state index in [-0.39, 0.29) is 24.0 Å². The van der Waals surface area contributed by atoms with Crippen LogP contribution < -0.4 is 15.5 Å². The number of hydrogen-bond acceptors (Lipinski definition) is 5. The number of aryl methyl sites for hydroxylation is 1. The predicted octanol–water partition coefficient (Wildman–Crippen LogP) is 2.79. The number of rotatable bonds is 10. The van der Waals surface area contributed by atoms with E-state index in [0.29, 0.717) is 6.10 Å². The van der Waals surface area contributed by atoms with Gasteiger partial charge < -0.3 is 25.0 Å². The summed E-state index contributed by atoms with van der Waals surface area (Å²) in [6.07, 6.45) is 3.58. The van der Waals surface area contributed by atoms with Gasteiger partial charge in [0, 0.05) is 71.8 Å². The van der Waals surface area contributed by atoms with E-state index in [1.165, 1.54) is 23.2 Å². The molecule has 182 valence electrons. The molecule has 2 N–H and O–H groups in total. The molecule has 2 saturated heterocycles. The lowest BCUT2D eigenvalue weighted by Gasteiger charge is -2.37. The van der Waals surface area contributed by atoms with Crippen LogP contribution in [0, 0.1) is 13.8 Å².